The fourth-order valence-electron chi connectivity index (χ4n) is 3.58. The molecule has 8 heteroatoms. The Morgan fingerprint density at radius 2 is 1.92 bits per heavy atom. The van der Waals surface area contributed by atoms with Gasteiger partial charge in [-0.15, -0.1) is 0 Å². The molecule has 0 N–H and O–H groups in total. The molecular formula is C18H29BN2O5. The highest BCUT2D eigenvalue weighted by Crippen LogP contribution is 2.37. The predicted molar refractivity (Wildman–Crippen MR) is 96.0 cm³/mol. The molecule has 0 bridgehead atoms. The molecule has 2 saturated heterocycles. The van der Waals surface area contributed by atoms with E-state index in [2.05, 4.69) is 27.7 Å². The molecular weight excluding hydrogens is 335 g/mol. The van der Waals surface area contributed by atoms with E-state index in [0.717, 1.165) is 49.3 Å². The summed E-state index contributed by atoms with van der Waals surface area (Å²) >= 11 is 0. The normalized spacial score (nSPS) is 27.5. The fraction of sp³-hybridized carbons (Fsp3) is 0.833. The van der Waals surface area contributed by atoms with E-state index in [9.17, 15) is 0 Å². The van der Waals surface area contributed by atoms with E-state index in [1.807, 2.05) is 4.68 Å². The van der Waals surface area contributed by atoms with Crippen LogP contribution in [0.15, 0.2) is 0 Å². The van der Waals surface area contributed by atoms with E-state index in [4.69, 9.17) is 28.6 Å². The zero-order valence-electron chi connectivity index (χ0n) is 16.2. The number of aromatic nitrogens is 2. The van der Waals surface area contributed by atoms with Gasteiger partial charge in [-0.3, -0.25) is 4.68 Å². The first-order valence-electron chi connectivity index (χ1n) is 9.62. The minimum atomic E-state index is -0.462. The zero-order valence-corrected chi connectivity index (χ0v) is 16.2. The van der Waals surface area contributed by atoms with Crippen LogP contribution in [0.5, 0.6) is 0 Å². The van der Waals surface area contributed by atoms with Crippen molar-refractivity contribution in [3.63, 3.8) is 0 Å². The highest BCUT2D eigenvalue weighted by molar-refractivity contribution is 6.63. The van der Waals surface area contributed by atoms with Crippen molar-refractivity contribution in [3.05, 3.63) is 11.4 Å². The van der Waals surface area contributed by atoms with Crippen molar-refractivity contribution in [3.8, 4) is 0 Å². The van der Waals surface area contributed by atoms with Gasteiger partial charge in [0, 0.05) is 12.1 Å². The first-order chi connectivity index (χ1) is 12.4. The van der Waals surface area contributed by atoms with E-state index in [0.29, 0.717) is 19.8 Å². The van der Waals surface area contributed by atoms with Crippen LogP contribution in [0.3, 0.4) is 0 Å². The van der Waals surface area contributed by atoms with Gasteiger partial charge in [-0.05, 0) is 47.0 Å². The maximum absolute atomic E-state index is 6.29. The minimum Gasteiger partial charge on any atom is -0.399 e. The number of fused-ring (bicyclic) bond motifs is 1. The molecule has 2 fully saturated rings. The quantitative estimate of drug-likeness (QED) is 0.759. The lowest BCUT2D eigenvalue weighted by molar-refractivity contribution is -0.169. The third-order valence-corrected chi connectivity index (χ3v) is 5.89. The van der Waals surface area contributed by atoms with Crippen LogP contribution >= 0.6 is 0 Å². The predicted octanol–water partition coefficient (Wildman–Crippen LogP) is 1.76. The number of hydrogen-bond acceptors (Lipinski definition) is 6. The smallest absolute Gasteiger partial charge is 0.399 e. The number of ether oxygens (including phenoxy) is 3. The van der Waals surface area contributed by atoms with Crippen molar-refractivity contribution < 1.29 is 23.5 Å². The van der Waals surface area contributed by atoms with E-state index in [1.165, 1.54) is 0 Å². The van der Waals surface area contributed by atoms with Crippen molar-refractivity contribution in [2.75, 3.05) is 13.2 Å². The Hall–Kier alpha value is -0.925. The molecule has 0 amide bonds. The maximum Gasteiger partial charge on any atom is 0.498 e. The molecule has 1 unspecified atom stereocenters. The van der Waals surface area contributed by atoms with Gasteiger partial charge in [-0.2, -0.15) is 5.10 Å². The molecule has 4 rings (SSSR count). The second-order valence-electron chi connectivity index (χ2n) is 8.28. The molecule has 0 aliphatic carbocycles. The Balaban J connectivity index is 1.59. The Labute approximate surface area is 155 Å². The summed E-state index contributed by atoms with van der Waals surface area (Å²) in [6, 6.07) is 0. The summed E-state index contributed by atoms with van der Waals surface area (Å²) in [4.78, 5) is 0. The third kappa shape index (κ3) is 3.33. The number of nitrogens with zero attached hydrogens (tertiary/aromatic N) is 2. The van der Waals surface area contributed by atoms with Gasteiger partial charge in [-0.1, -0.05) is 0 Å². The summed E-state index contributed by atoms with van der Waals surface area (Å²) in [5.74, 6) is 0. The summed E-state index contributed by atoms with van der Waals surface area (Å²) in [5.41, 5.74) is 2.05. The topological polar surface area (TPSA) is 64.0 Å². The molecule has 7 nitrogen and oxygen atoms in total. The third-order valence-electron chi connectivity index (χ3n) is 5.89. The second-order valence-corrected chi connectivity index (χ2v) is 8.28. The molecule has 1 aromatic rings. The number of hydrogen-bond donors (Lipinski definition) is 0. The summed E-state index contributed by atoms with van der Waals surface area (Å²) in [5, 5.41) is 4.77. The number of rotatable bonds is 4. The maximum atomic E-state index is 6.29. The van der Waals surface area contributed by atoms with E-state index in [1.54, 1.807) is 0 Å². The van der Waals surface area contributed by atoms with Gasteiger partial charge in [0.2, 0.25) is 0 Å². The van der Waals surface area contributed by atoms with Gasteiger partial charge in [0.1, 0.15) is 0 Å². The van der Waals surface area contributed by atoms with Crippen LogP contribution in [-0.4, -0.2) is 47.6 Å². The summed E-state index contributed by atoms with van der Waals surface area (Å²) < 4.78 is 31.9. The Morgan fingerprint density at radius 1 is 1.15 bits per heavy atom. The van der Waals surface area contributed by atoms with Crippen LogP contribution in [0.4, 0.5) is 0 Å². The Bertz CT molecular complexity index is 638. The van der Waals surface area contributed by atoms with Gasteiger partial charge >= 0.3 is 7.12 Å². The minimum absolute atomic E-state index is 0.148. The first-order valence-corrected chi connectivity index (χ1v) is 9.62. The van der Waals surface area contributed by atoms with Crippen molar-refractivity contribution in [2.45, 2.75) is 84.2 Å². The molecule has 3 aliphatic heterocycles. The standard InChI is InChI=1S/C18H29BN2O5/c1-17(2)18(3,4)26-19(25-17)16-13(11-24-15-7-5-6-9-23-15)20-21-8-10-22-12-14(16)21/h15H,5-12H2,1-4H3. The molecule has 1 aromatic heterocycles. The zero-order chi connectivity index (χ0) is 18.4. The first kappa shape index (κ1) is 18.4. The van der Waals surface area contributed by atoms with E-state index in [-0.39, 0.29) is 6.29 Å². The van der Waals surface area contributed by atoms with E-state index < -0.39 is 18.3 Å². The highest BCUT2D eigenvalue weighted by Gasteiger charge is 2.53. The Kier molecular flexibility index (Phi) is 4.90. The molecule has 0 aromatic carbocycles. The highest BCUT2D eigenvalue weighted by atomic mass is 16.7. The fourth-order valence-corrected chi connectivity index (χ4v) is 3.58. The average Bonchev–Trinajstić information content (AvgIpc) is 3.07. The lowest BCUT2D eigenvalue weighted by Gasteiger charge is -2.32. The second kappa shape index (κ2) is 6.91. The largest absolute Gasteiger partial charge is 0.498 e. The van der Waals surface area contributed by atoms with Crippen molar-refractivity contribution in [1.82, 2.24) is 9.78 Å². The monoisotopic (exact) mass is 364 g/mol. The molecule has 1 atom stereocenters. The summed E-state index contributed by atoms with van der Waals surface area (Å²) in [7, 11) is -0.462. The average molecular weight is 364 g/mol. The van der Waals surface area contributed by atoms with Gasteiger partial charge in [0.25, 0.3) is 0 Å². The van der Waals surface area contributed by atoms with Gasteiger partial charge in [0.15, 0.2) is 6.29 Å². The van der Waals surface area contributed by atoms with Crippen LogP contribution in [0.25, 0.3) is 0 Å². The Morgan fingerprint density at radius 3 is 2.62 bits per heavy atom. The lowest BCUT2D eigenvalue weighted by atomic mass is 9.77. The molecule has 26 heavy (non-hydrogen) atoms. The molecule has 0 radical (unpaired) electrons. The molecule has 0 spiro atoms. The molecule has 144 valence electrons. The molecule has 4 heterocycles. The van der Waals surface area contributed by atoms with Crippen LogP contribution in [0, 0.1) is 0 Å². The van der Waals surface area contributed by atoms with Gasteiger partial charge in [0.05, 0.1) is 49.0 Å². The molecule has 3 aliphatic rings. The van der Waals surface area contributed by atoms with Crippen molar-refractivity contribution in [2.24, 2.45) is 0 Å². The van der Waals surface area contributed by atoms with Crippen molar-refractivity contribution >= 4 is 12.6 Å². The lowest BCUT2D eigenvalue weighted by Crippen LogP contribution is -2.41. The van der Waals surface area contributed by atoms with Crippen LogP contribution < -0.4 is 5.46 Å². The van der Waals surface area contributed by atoms with Crippen molar-refractivity contribution in [1.29, 1.82) is 0 Å². The summed E-state index contributed by atoms with van der Waals surface area (Å²) in [6.45, 7) is 11.3. The van der Waals surface area contributed by atoms with Gasteiger partial charge in [-0.25, -0.2) is 0 Å². The SMILES string of the molecule is CC1(C)OB(c2c(COC3CCCCO3)nn3c2COCC3)OC1(C)C. The van der Waals surface area contributed by atoms with Crippen LogP contribution in [0.1, 0.15) is 58.3 Å². The van der Waals surface area contributed by atoms with Crippen LogP contribution in [0.2, 0.25) is 0 Å². The molecule has 0 saturated carbocycles. The van der Waals surface area contributed by atoms with E-state index >= 15 is 0 Å². The van der Waals surface area contributed by atoms with Crippen LogP contribution in [-0.2, 0) is 43.3 Å². The summed E-state index contributed by atoms with van der Waals surface area (Å²) in [6.07, 6.45) is 3.03. The van der Waals surface area contributed by atoms with Gasteiger partial charge < -0.3 is 23.5 Å².